The fourth-order valence-electron chi connectivity index (χ4n) is 3.14. The number of aryl methyl sites for hydroxylation is 1. The lowest BCUT2D eigenvalue weighted by molar-refractivity contribution is 0.0972. The second-order valence-electron chi connectivity index (χ2n) is 5.73. The van der Waals surface area contributed by atoms with Gasteiger partial charge in [0.15, 0.2) is 5.78 Å². The van der Waals surface area contributed by atoms with Crippen molar-refractivity contribution in [2.45, 2.75) is 26.2 Å². The maximum Gasteiger partial charge on any atom is 0.164 e. The number of methoxy groups -OCH3 is 1. The highest BCUT2D eigenvalue weighted by atomic mass is 16.5. The zero-order chi connectivity index (χ0) is 15.5. The van der Waals surface area contributed by atoms with E-state index >= 15 is 0 Å². The third kappa shape index (κ3) is 2.79. The van der Waals surface area contributed by atoms with Gasteiger partial charge in [0.2, 0.25) is 0 Å². The first-order valence-corrected chi connectivity index (χ1v) is 7.78. The Kier molecular flexibility index (Phi) is 4.29. The van der Waals surface area contributed by atoms with Gasteiger partial charge in [0.1, 0.15) is 0 Å². The van der Waals surface area contributed by atoms with Gasteiger partial charge in [-0.15, -0.1) is 0 Å². The molecule has 1 heterocycles. The van der Waals surface area contributed by atoms with E-state index in [1.165, 1.54) is 0 Å². The van der Waals surface area contributed by atoms with Crippen LogP contribution in [0.4, 0.5) is 5.69 Å². The number of ketones is 1. The molecule has 0 unspecified atom stereocenters. The lowest BCUT2D eigenvalue weighted by atomic mass is 9.96. The van der Waals surface area contributed by atoms with Crippen LogP contribution in [0, 0.1) is 6.92 Å². The summed E-state index contributed by atoms with van der Waals surface area (Å²) >= 11 is 0. The minimum absolute atomic E-state index is 0.275. The van der Waals surface area contributed by atoms with Crippen molar-refractivity contribution >= 4 is 11.5 Å². The second-order valence-corrected chi connectivity index (χ2v) is 5.73. The molecule has 1 N–H and O–H groups in total. The molecular weight excluding hydrogens is 276 g/mol. The molecule has 116 valence electrons. The van der Waals surface area contributed by atoms with Crippen LogP contribution in [-0.2, 0) is 11.2 Å². The molecule has 4 heteroatoms. The van der Waals surface area contributed by atoms with Crippen molar-refractivity contribution in [1.82, 2.24) is 4.57 Å². The number of Topliss-reactive ketones (excluding diaryl/α,β-unsaturated/α-hetero) is 1. The van der Waals surface area contributed by atoms with E-state index in [0.29, 0.717) is 13.0 Å². The van der Waals surface area contributed by atoms with Crippen LogP contribution in [0.5, 0.6) is 0 Å². The van der Waals surface area contributed by atoms with Gasteiger partial charge in [0.05, 0.1) is 6.61 Å². The summed E-state index contributed by atoms with van der Waals surface area (Å²) in [6, 6.07) is 10.3. The zero-order valence-corrected chi connectivity index (χ0v) is 13.2. The van der Waals surface area contributed by atoms with Crippen LogP contribution in [0.3, 0.4) is 0 Å². The standard InChI is InChI=1S/C18H22N2O2/c1-13-11-16-17(7-4-8-18(16)21)20(13)15-6-3-5-14(12-15)19-9-10-22-2/h3,5-6,11-12,19H,4,7-10H2,1-2H3. The van der Waals surface area contributed by atoms with Crippen molar-refractivity contribution in [2.24, 2.45) is 0 Å². The predicted octanol–water partition coefficient (Wildman–Crippen LogP) is 3.36. The molecule has 1 aromatic heterocycles. The topological polar surface area (TPSA) is 43.3 Å². The molecular formula is C18H22N2O2. The van der Waals surface area contributed by atoms with Crippen LogP contribution in [0.1, 0.15) is 34.6 Å². The number of nitrogens with zero attached hydrogens (tertiary/aromatic N) is 1. The number of benzene rings is 1. The van der Waals surface area contributed by atoms with Gasteiger partial charge in [-0.1, -0.05) is 6.07 Å². The quantitative estimate of drug-likeness (QED) is 0.861. The molecule has 4 nitrogen and oxygen atoms in total. The molecule has 1 aliphatic carbocycles. The SMILES string of the molecule is COCCNc1cccc(-n2c(C)cc3c2CCCC3=O)c1. The van der Waals surface area contributed by atoms with E-state index in [1.54, 1.807) is 7.11 Å². The van der Waals surface area contributed by atoms with Crippen LogP contribution < -0.4 is 5.32 Å². The van der Waals surface area contributed by atoms with E-state index in [9.17, 15) is 4.79 Å². The molecule has 0 bridgehead atoms. The molecule has 22 heavy (non-hydrogen) atoms. The smallest absolute Gasteiger partial charge is 0.164 e. The van der Waals surface area contributed by atoms with Crippen LogP contribution >= 0.6 is 0 Å². The van der Waals surface area contributed by atoms with Crippen molar-refractivity contribution < 1.29 is 9.53 Å². The molecule has 0 saturated heterocycles. The summed E-state index contributed by atoms with van der Waals surface area (Å²) in [6.07, 6.45) is 2.59. The number of nitrogens with one attached hydrogen (secondary N) is 1. The lowest BCUT2D eigenvalue weighted by Gasteiger charge is -2.17. The van der Waals surface area contributed by atoms with Crippen molar-refractivity contribution in [1.29, 1.82) is 0 Å². The minimum Gasteiger partial charge on any atom is -0.383 e. The summed E-state index contributed by atoms with van der Waals surface area (Å²) in [5.74, 6) is 0.275. The highest BCUT2D eigenvalue weighted by molar-refractivity contribution is 5.98. The van der Waals surface area contributed by atoms with Crippen LogP contribution in [-0.4, -0.2) is 30.6 Å². The normalized spacial score (nSPS) is 14.0. The largest absolute Gasteiger partial charge is 0.383 e. The monoisotopic (exact) mass is 298 g/mol. The van der Waals surface area contributed by atoms with Gasteiger partial charge in [0, 0.05) is 48.4 Å². The van der Waals surface area contributed by atoms with Crippen molar-refractivity contribution in [3.8, 4) is 5.69 Å². The molecule has 0 spiro atoms. The molecule has 2 aromatic rings. The summed E-state index contributed by atoms with van der Waals surface area (Å²) in [6.45, 7) is 3.52. The van der Waals surface area contributed by atoms with E-state index in [2.05, 4.69) is 35.0 Å². The van der Waals surface area contributed by atoms with E-state index in [4.69, 9.17) is 4.74 Å². The Morgan fingerprint density at radius 1 is 1.27 bits per heavy atom. The Bertz CT molecular complexity index is 688. The van der Waals surface area contributed by atoms with E-state index in [0.717, 1.165) is 47.7 Å². The summed E-state index contributed by atoms with van der Waals surface area (Å²) in [4.78, 5) is 12.1. The number of anilines is 1. The summed E-state index contributed by atoms with van der Waals surface area (Å²) in [7, 11) is 1.70. The fourth-order valence-corrected chi connectivity index (χ4v) is 3.14. The third-order valence-electron chi connectivity index (χ3n) is 4.14. The van der Waals surface area contributed by atoms with Gasteiger partial charge >= 0.3 is 0 Å². The second kappa shape index (κ2) is 6.36. The van der Waals surface area contributed by atoms with E-state index in [1.807, 2.05) is 12.1 Å². The predicted molar refractivity (Wildman–Crippen MR) is 88.1 cm³/mol. The summed E-state index contributed by atoms with van der Waals surface area (Å²) < 4.78 is 7.28. The molecule has 0 saturated carbocycles. The number of carbonyl (C=O) groups excluding carboxylic acids is 1. The molecule has 0 aliphatic heterocycles. The molecule has 1 aromatic carbocycles. The van der Waals surface area contributed by atoms with Crippen LogP contribution in [0.2, 0.25) is 0 Å². The number of ether oxygens (including phenoxy) is 1. The van der Waals surface area contributed by atoms with Crippen molar-refractivity contribution in [3.05, 3.63) is 47.3 Å². The number of fused-ring (bicyclic) bond motifs is 1. The highest BCUT2D eigenvalue weighted by Crippen LogP contribution is 2.28. The zero-order valence-electron chi connectivity index (χ0n) is 13.2. The highest BCUT2D eigenvalue weighted by Gasteiger charge is 2.23. The number of carbonyl (C=O) groups is 1. The summed E-state index contributed by atoms with van der Waals surface area (Å²) in [5, 5.41) is 3.35. The Hall–Kier alpha value is -2.07. The Balaban J connectivity index is 1.94. The van der Waals surface area contributed by atoms with Gasteiger partial charge in [-0.05, 0) is 44.0 Å². The number of aromatic nitrogens is 1. The number of hydrogen-bond acceptors (Lipinski definition) is 3. The first kappa shape index (κ1) is 14.9. The molecule has 1 aliphatic rings. The van der Waals surface area contributed by atoms with Crippen molar-refractivity contribution in [3.63, 3.8) is 0 Å². The molecule has 3 rings (SSSR count). The maximum absolute atomic E-state index is 12.1. The molecule has 0 radical (unpaired) electrons. The first-order valence-electron chi connectivity index (χ1n) is 7.78. The molecule has 0 atom stereocenters. The van der Waals surface area contributed by atoms with Gasteiger partial charge in [0.25, 0.3) is 0 Å². The first-order chi connectivity index (χ1) is 10.7. The van der Waals surface area contributed by atoms with E-state index in [-0.39, 0.29) is 5.78 Å². The van der Waals surface area contributed by atoms with Gasteiger partial charge in [-0.25, -0.2) is 0 Å². The summed E-state index contributed by atoms with van der Waals surface area (Å²) in [5.41, 5.74) is 5.35. The Labute approximate surface area is 131 Å². The average Bonchev–Trinajstić information content (AvgIpc) is 2.85. The Morgan fingerprint density at radius 3 is 2.95 bits per heavy atom. The number of hydrogen-bond donors (Lipinski definition) is 1. The maximum atomic E-state index is 12.1. The van der Waals surface area contributed by atoms with Gasteiger partial charge in [-0.3, -0.25) is 4.79 Å². The van der Waals surface area contributed by atoms with Crippen LogP contribution in [0.15, 0.2) is 30.3 Å². The molecule has 0 amide bonds. The lowest BCUT2D eigenvalue weighted by Crippen LogP contribution is -2.13. The average molecular weight is 298 g/mol. The number of rotatable bonds is 5. The van der Waals surface area contributed by atoms with Crippen LogP contribution in [0.25, 0.3) is 5.69 Å². The fraction of sp³-hybridized carbons (Fsp3) is 0.389. The Morgan fingerprint density at radius 2 is 2.14 bits per heavy atom. The van der Waals surface area contributed by atoms with E-state index < -0.39 is 0 Å². The molecule has 0 fully saturated rings. The van der Waals surface area contributed by atoms with Gasteiger partial charge < -0.3 is 14.6 Å². The van der Waals surface area contributed by atoms with Gasteiger partial charge in [-0.2, -0.15) is 0 Å². The van der Waals surface area contributed by atoms with Crippen molar-refractivity contribution in [2.75, 3.05) is 25.6 Å². The minimum atomic E-state index is 0.275. The third-order valence-corrected chi connectivity index (χ3v) is 4.14.